The van der Waals surface area contributed by atoms with Crippen LogP contribution >= 0.6 is 11.3 Å². The van der Waals surface area contributed by atoms with Crippen molar-refractivity contribution in [3.63, 3.8) is 0 Å². The molecule has 7 nitrogen and oxygen atoms in total. The first kappa shape index (κ1) is 25.3. The highest BCUT2D eigenvalue weighted by Crippen LogP contribution is 2.29. The van der Waals surface area contributed by atoms with Crippen LogP contribution in [-0.4, -0.2) is 21.4 Å². The van der Waals surface area contributed by atoms with E-state index in [9.17, 15) is 14.4 Å². The number of nitrogens with one attached hydrogen (secondary N) is 2. The van der Waals surface area contributed by atoms with Crippen molar-refractivity contribution in [2.24, 2.45) is 0 Å². The minimum Gasteiger partial charge on any atom is -0.324 e. The molecule has 2 amide bonds. The summed E-state index contributed by atoms with van der Waals surface area (Å²) in [6.45, 7) is 11.3. The van der Waals surface area contributed by atoms with Gasteiger partial charge in [0.1, 0.15) is 10.9 Å². The van der Waals surface area contributed by atoms with Gasteiger partial charge in [-0.2, -0.15) is 0 Å². The molecule has 1 unspecified atom stereocenters. The smallest absolute Gasteiger partial charge is 0.266 e. The van der Waals surface area contributed by atoms with Crippen LogP contribution in [0.2, 0.25) is 0 Å². The second-order valence-electron chi connectivity index (χ2n) is 9.09. The number of anilines is 2. The van der Waals surface area contributed by atoms with Gasteiger partial charge in [-0.25, -0.2) is 4.98 Å². The third-order valence-electron chi connectivity index (χ3n) is 6.50. The highest BCUT2D eigenvalue weighted by Gasteiger charge is 2.24. The fourth-order valence-electron chi connectivity index (χ4n) is 4.32. The number of rotatable bonds is 6. The van der Waals surface area contributed by atoms with Crippen molar-refractivity contribution in [1.29, 1.82) is 0 Å². The monoisotopic (exact) mass is 502 g/mol. The van der Waals surface area contributed by atoms with Crippen LogP contribution in [0.15, 0.2) is 47.5 Å². The van der Waals surface area contributed by atoms with E-state index in [1.54, 1.807) is 13.8 Å². The van der Waals surface area contributed by atoms with Crippen molar-refractivity contribution in [3.8, 4) is 0 Å². The van der Waals surface area contributed by atoms with E-state index < -0.39 is 6.04 Å². The summed E-state index contributed by atoms with van der Waals surface area (Å²) in [5.41, 5.74) is 5.78. The number of benzene rings is 2. The Balaban J connectivity index is 1.64. The fourth-order valence-corrected chi connectivity index (χ4v) is 5.35. The number of thiophene rings is 1. The largest absolute Gasteiger partial charge is 0.324 e. The molecule has 2 heterocycles. The molecule has 0 spiro atoms. The summed E-state index contributed by atoms with van der Waals surface area (Å²) in [4.78, 5) is 45.0. The number of nitrogens with zero attached hydrogens (tertiary/aromatic N) is 2. The molecule has 2 aromatic carbocycles. The van der Waals surface area contributed by atoms with Crippen molar-refractivity contribution in [3.05, 3.63) is 85.8 Å². The maximum absolute atomic E-state index is 13.4. The molecule has 36 heavy (non-hydrogen) atoms. The number of para-hydroxylation sites is 1. The number of aryl methyl sites for hydroxylation is 5. The third kappa shape index (κ3) is 4.68. The normalized spacial score (nSPS) is 11.9. The van der Waals surface area contributed by atoms with Gasteiger partial charge in [0.05, 0.1) is 16.6 Å². The Hall–Kier alpha value is -3.78. The lowest BCUT2D eigenvalue weighted by Crippen LogP contribution is -2.32. The molecule has 0 saturated heterocycles. The van der Waals surface area contributed by atoms with E-state index in [-0.39, 0.29) is 17.4 Å². The average molecular weight is 503 g/mol. The standard InChI is InChI=1S/C28H30N4O3S/c1-7-20-10-8-9-16(3)23(20)31-25(33)19(6)32-14-29-27-22(28(32)35)18(5)24(36-27)26(34)30-21-12-11-15(2)13-17(21)4/h8-14,19H,7H2,1-6H3,(H,30,34)(H,31,33). The molecular weight excluding hydrogens is 472 g/mol. The van der Waals surface area contributed by atoms with Gasteiger partial charge in [-0.3, -0.25) is 19.0 Å². The van der Waals surface area contributed by atoms with Gasteiger partial charge >= 0.3 is 0 Å². The Bertz CT molecular complexity index is 1550. The minimum atomic E-state index is -0.787. The van der Waals surface area contributed by atoms with E-state index in [1.807, 2.05) is 64.1 Å². The Kier molecular flexibility index (Phi) is 7.08. The lowest BCUT2D eigenvalue weighted by molar-refractivity contribution is -0.118. The molecule has 1 atom stereocenters. The zero-order valence-corrected chi connectivity index (χ0v) is 22.2. The highest BCUT2D eigenvalue weighted by atomic mass is 32.1. The number of hydrogen-bond donors (Lipinski definition) is 2. The molecule has 0 aliphatic heterocycles. The van der Waals surface area contributed by atoms with Crippen molar-refractivity contribution >= 4 is 44.7 Å². The van der Waals surface area contributed by atoms with Gasteiger partial charge in [0.25, 0.3) is 11.5 Å². The number of aromatic nitrogens is 2. The molecule has 0 bridgehead atoms. The van der Waals surface area contributed by atoms with Crippen LogP contribution in [-0.2, 0) is 11.2 Å². The molecule has 2 aromatic heterocycles. The van der Waals surface area contributed by atoms with Gasteiger partial charge in [0.2, 0.25) is 5.91 Å². The summed E-state index contributed by atoms with van der Waals surface area (Å²) in [6.07, 6.45) is 2.16. The summed E-state index contributed by atoms with van der Waals surface area (Å²) in [6, 6.07) is 10.9. The average Bonchev–Trinajstić information content (AvgIpc) is 3.19. The van der Waals surface area contributed by atoms with Crippen LogP contribution in [0.4, 0.5) is 11.4 Å². The summed E-state index contributed by atoms with van der Waals surface area (Å²) < 4.78 is 1.33. The Labute approximate surface area is 214 Å². The summed E-state index contributed by atoms with van der Waals surface area (Å²) in [7, 11) is 0. The summed E-state index contributed by atoms with van der Waals surface area (Å²) in [5.74, 6) is -0.589. The Morgan fingerprint density at radius 2 is 1.81 bits per heavy atom. The van der Waals surface area contributed by atoms with Crippen LogP contribution < -0.4 is 16.2 Å². The van der Waals surface area contributed by atoms with Gasteiger partial charge < -0.3 is 10.6 Å². The van der Waals surface area contributed by atoms with Crippen molar-refractivity contribution in [1.82, 2.24) is 9.55 Å². The third-order valence-corrected chi connectivity index (χ3v) is 7.70. The molecule has 4 aromatic rings. The van der Waals surface area contributed by atoms with Gasteiger partial charge in [0, 0.05) is 11.4 Å². The van der Waals surface area contributed by atoms with E-state index in [2.05, 4.69) is 15.6 Å². The molecule has 0 radical (unpaired) electrons. The fraction of sp³-hybridized carbons (Fsp3) is 0.286. The zero-order valence-electron chi connectivity index (χ0n) is 21.4. The number of amides is 2. The number of hydrogen-bond acceptors (Lipinski definition) is 5. The molecule has 8 heteroatoms. The first-order chi connectivity index (χ1) is 17.1. The Morgan fingerprint density at radius 1 is 1.06 bits per heavy atom. The SMILES string of the molecule is CCc1cccc(C)c1NC(=O)C(C)n1cnc2sc(C(=O)Nc3ccc(C)cc3C)c(C)c2c1=O. The lowest BCUT2D eigenvalue weighted by atomic mass is 10.1. The van der Waals surface area contributed by atoms with Gasteiger partial charge in [-0.05, 0) is 69.4 Å². The van der Waals surface area contributed by atoms with Crippen LogP contribution in [0.3, 0.4) is 0 Å². The molecule has 0 aliphatic rings. The number of carbonyl (C=O) groups is 2. The van der Waals surface area contributed by atoms with Crippen LogP contribution in [0.25, 0.3) is 10.2 Å². The molecule has 2 N–H and O–H groups in total. The lowest BCUT2D eigenvalue weighted by Gasteiger charge is -2.18. The molecule has 0 aliphatic carbocycles. The van der Waals surface area contributed by atoms with Crippen molar-refractivity contribution < 1.29 is 9.59 Å². The molecule has 4 rings (SSSR count). The topological polar surface area (TPSA) is 93.1 Å². The van der Waals surface area contributed by atoms with Crippen molar-refractivity contribution in [2.75, 3.05) is 10.6 Å². The first-order valence-corrected chi connectivity index (χ1v) is 12.7. The molecule has 0 fully saturated rings. The maximum atomic E-state index is 13.4. The quantitative estimate of drug-likeness (QED) is 0.353. The number of fused-ring (bicyclic) bond motifs is 1. The van der Waals surface area contributed by atoms with Crippen LogP contribution in [0.1, 0.15) is 57.4 Å². The highest BCUT2D eigenvalue weighted by molar-refractivity contribution is 7.20. The van der Waals surface area contributed by atoms with E-state index >= 15 is 0 Å². The second kappa shape index (κ2) is 10.1. The van der Waals surface area contributed by atoms with Crippen LogP contribution in [0, 0.1) is 27.7 Å². The predicted octanol–water partition coefficient (Wildman–Crippen LogP) is 5.71. The predicted molar refractivity (Wildman–Crippen MR) is 146 cm³/mol. The number of carbonyl (C=O) groups excluding carboxylic acids is 2. The van der Waals surface area contributed by atoms with E-state index in [0.29, 0.717) is 20.7 Å². The van der Waals surface area contributed by atoms with Gasteiger partial charge in [0.15, 0.2) is 0 Å². The van der Waals surface area contributed by atoms with Gasteiger partial charge in [-0.15, -0.1) is 11.3 Å². The minimum absolute atomic E-state index is 0.286. The summed E-state index contributed by atoms with van der Waals surface area (Å²) >= 11 is 1.18. The maximum Gasteiger partial charge on any atom is 0.266 e. The van der Waals surface area contributed by atoms with E-state index in [1.165, 1.54) is 22.2 Å². The summed E-state index contributed by atoms with van der Waals surface area (Å²) in [5, 5.41) is 6.29. The van der Waals surface area contributed by atoms with E-state index in [4.69, 9.17) is 0 Å². The van der Waals surface area contributed by atoms with Crippen molar-refractivity contribution in [2.45, 2.75) is 54.0 Å². The van der Waals surface area contributed by atoms with Gasteiger partial charge in [-0.1, -0.05) is 42.8 Å². The zero-order chi connectivity index (χ0) is 26.1. The molecule has 0 saturated carbocycles. The van der Waals surface area contributed by atoms with Crippen LogP contribution in [0.5, 0.6) is 0 Å². The molecule has 186 valence electrons. The second-order valence-corrected chi connectivity index (χ2v) is 10.1. The Morgan fingerprint density at radius 3 is 2.50 bits per heavy atom. The molecular formula is C28H30N4O3S. The first-order valence-electron chi connectivity index (χ1n) is 11.9. The van der Waals surface area contributed by atoms with E-state index in [0.717, 1.165) is 40.0 Å².